The standard InChI is InChI=1S/C18H19F2NO3/c1-22-17-6-5-12(9-18(17)24-13-7-8-23-11-13)21-10-14-15(19)3-2-4-16(14)20/h2-6,9,13,21H,7-8,10-11H2,1H3/t13-/m1/s1. The van der Waals surface area contributed by atoms with Gasteiger partial charge in [-0.3, -0.25) is 0 Å². The highest BCUT2D eigenvalue weighted by atomic mass is 19.1. The molecule has 0 unspecified atom stereocenters. The second kappa shape index (κ2) is 7.49. The van der Waals surface area contributed by atoms with Gasteiger partial charge in [-0.2, -0.15) is 0 Å². The first-order chi connectivity index (χ1) is 11.7. The van der Waals surface area contributed by atoms with Gasteiger partial charge in [0.15, 0.2) is 11.5 Å². The molecule has 0 aliphatic carbocycles. The molecule has 1 saturated heterocycles. The van der Waals surface area contributed by atoms with Crippen LogP contribution in [-0.2, 0) is 11.3 Å². The summed E-state index contributed by atoms with van der Waals surface area (Å²) >= 11 is 0. The Balaban J connectivity index is 1.73. The van der Waals surface area contributed by atoms with Crippen molar-refractivity contribution in [1.29, 1.82) is 0 Å². The van der Waals surface area contributed by atoms with E-state index >= 15 is 0 Å². The molecule has 1 fully saturated rings. The van der Waals surface area contributed by atoms with Gasteiger partial charge in [0, 0.05) is 30.3 Å². The highest BCUT2D eigenvalue weighted by Gasteiger charge is 2.19. The smallest absolute Gasteiger partial charge is 0.163 e. The number of ether oxygens (including phenoxy) is 3. The van der Waals surface area contributed by atoms with Crippen LogP contribution in [-0.4, -0.2) is 26.4 Å². The van der Waals surface area contributed by atoms with E-state index < -0.39 is 11.6 Å². The van der Waals surface area contributed by atoms with Gasteiger partial charge in [0.25, 0.3) is 0 Å². The molecule has 0 bridgehead atoms. The van der Waals surface area contributed by atoms with Crippen LogP contribution in [0, 0.1) is 11.6 Å². The monoisotopic (exact) mass is 335 g/mol. The third kappa shape index (κ3) is 3.76. The fraction of sp³-hybridized carbons (Fsp3) is 0.333. The van der Waals surface area contributed by atoms with E-state index in [0.717, 1.165) is 6.42 Å². The third-order valence-corrected chi connectivity index (χ3v) is 3.88. The Hall–Kier alpha value is -2.34. The first-order valence-corrected chi connectivity index (χ1v) is 7.76. The first kappa shape index (κ1) is 16.5. The lowest BCUT2D eigenvalue weighted by atomic mass is 10.2. The normalized spacial score (nSPS) is 16.9. The van der Waals surface area contributed by atoms with Gasteiger partial charge in [-0.15, -0.1) is 0 Å². The molecule has 1 aliphatic heterocycles. The summed E-state index contributed by atoms with van der Waals surface area (Å²) in [6.07, 6.45) is 0.805. The maximum absolute atomic E-state index is 13.7. The SMILES string of the molecule is COc1ccc(NCc2c(F)cccc2F)cc1O[C@@H]1CCOC1. The summed E-state index contributed by atoms with van der Waals surface area (Å²) < 4.78 is 43.9. The van der Waals surface area contributed by atoms with Crippen LogP contribution in [0.5, 0.6) is 11.5 Å². The Morgan fingerprint density at radius 3 is 2.62 bits per heavy atom. The van der Waals surface area contributed by atoms with E-state index in [1.54, 1.807) is 25.3 Å². The Kier molecular flexibility index (Phi) is 5.15. The van der Waals surface area contributed by atoms with Gasteiger partial charge in [0.05, 0.1) is 20.3 Å². The van der Waals surface area contributed by atoms with E-state index in [1.807, 2.05) is 0 Å². The van der Waals surface area contributed by atoms with Crippen molar-refractivity contribution in [3.8, 4) is 11.5 Å². The predicted molar refractivity (Wildman–Crippen MR) is 86.5 cm³/mol. The van der Waals surface area contributed by atoms with Gasteiger partial charge < -0.3 is 19.5 Å². The molecule has 2 aromatic rings. The van der Waals surface area contributed by atoms with Crippen LogP contribution >= 0.6 is 0 Å². The molecule has 2 aromatic carbocycles. The number of methoxy groups -OCH3 is 1. The van der Waals surface area contributed by atoms with E-state index in [1.165, 1.54) is 18.2 Å². The maximum Gasteiger partial charge on any atom is 0.163 e. The zero-order valence-electron chi connectivity index (χ0n) is 13.4. The minimum atomic E-state index is -0.574. The van der Waals surface area contributed by atoms with E-state index in [-0.39, 0.29) is 18.2 Å². The number of hydrogen-bond donors (Lipinski definition) is 1. The summed E-state index contributed by atoms with van der Waals surface area (Å²) in [5.74, 6) is 0.0303. The minimum absolute atomic E-state index is 0.0000191. The average Bonchev–Trinajstić information content (AvgIpc) is 3.08. The summed E-state index contributed by atoms with van der Waals surface area (Å²) in [4.78, 5) is 0. The van der Waals surface area contributed by atoms with Crippen molar-refractivity contribution in [2.75, 3.05) is 25.6 Å². The summed E-state index contributed by atoms with van der Waals surface area (Å²) in [5, 5.41) is 3.01. The molecule has 1 N–H and O–H groups in total. The first-order valence-electron chi connectivity index (χ1n) is 7.76. The summed E-state index contributed by atoms with van der Waals surface area (Å²) in [5.41, 5.74) is 0.687. The quantitative estimate of drug-likeness (QED) is 0.873. The molecule has 128 valence electrons. The zero-order valence-corrected chi connectivity index (χ0v) is 13.4. The van der Waals surface area contributed by atoms with Crippen LogP contribution in [0.3, 0.4) is 0 Å². The Labute approximate surface area is 139 Å². The molecule has 24 heavy (non-hydrogen) atoms. The number of rotatable bonds is 6. The number of halogens is 2. The van der Waals surface area contributed by atoms with Crippen LogP contribution < -0.4 is 14.8 Å². The van der Waals surface area contributed by atoms with Crippen molar-refractivity contribution in [1.82, 2.24) is 0 Å². The van der Waals surface area contributed by atoms with Crippen molar-refractivity contribution >= 4 is 5.69 Å². The molecule has 0 saturated carbocycles. The zero-order chi connectivity index (χ0) is 16.9. The van der Waals surface area contributed by atoms with Gasteiger partial charge in [-0.05, 0) is 24.3 Å². The minimum Gasteiger partial charge on any atom is -0.493 e. The predicted octanol–water partition coefficient (Wildman–Crippen LogP) is 3.75. The number of anilines is 1. The topological polar surface area (TPSA) is 39.7 Å². The number of nitrogens with one attached hydrogen (secondary N) is 1. The molecule has 0 aromatic heterocycles. The molecule has 0 spiro atoms. The van der Waals surface area contributed by atoms with Crippen LogP contribution in [0.4, 0.5) is 14.5 Å². The fourth-order valence-electron chi connectivity index (χ4n) is 2.56. The molecule has 4 nitrogen and oxygen atoms in total. The molecule has 1 atom stereocenters. The van der Waals surface area contributed by atoms with Gasteiger partial charge in [0.1, 0.15) is 17.7 Å². The lowest BCUT2D eigenvalue weighted by Crippen LogP contribution is -2.16. The van der Waals surface area contributed by atoms with Crippen LogP contribution in [0.15, 0.2) is 36.4 Å². The Bertz CT molecular complexity index is 682. The van der Waals surface area contributed by atoms with E-state index in [2.05, 4.69) is 5.32 Å². The molecule has 3 rings (SSSR count). The molecule has 1 heterocycles. The molecule has 0 radical (unpaired) electrons. The van der Waals surface area contributed by atoms with Gasteiger partial charge in [-0.1, -0.05) is 6.07 Å². The van der Waals surface area contributed by atoms with Crippen molar-refractivity contribution in [3.05, 3.63) is 53.6 Å². The van der Waals surface area contributed by atoms with Gasteiger partial charge in [0.2, 0.25) is 0 Å². The van der Waals surface area contributed by atoms with Crippen molar-refractivity contribution in [2.45, 2.75) is 19.1 Å². The van der Waals surface area contributed by atoms with Crippen LogP contribution in [0.1, 0.15) is 12.0 Å². The highest BCUT2D eigenvalue weighted by Crippen LogP contribution is 2.32. The second-order valence-corrected chi connectivity index (χ2v) is 5.52. The second-order valence-electron chi connectivity index (χ2n) is 5.52. The Morgan fingerprint density at radius 1 is 1.17 bits per heavy atom. The molecule has 1 aliphatic rings. The van der Waals surface area contributed by atoms with E-state index in [0.29, 0.717) is 30.4 Å². The van der Waals surface area contributed by atoms with Crippen molar-refractivity contribution in [2.24, 2.45) is 0 Å². The maximum atomic E-state index is 13.7. The molecular weight excluding hydrogens is 316 g/mol. The molecular formula is C18H19F2NO3. The van der Waals surface area contributed by atoms with Gasteiger partial charge in [-0.25, -0.2) is 8.78 Å². The Morgan fingerprint density at radius 2 is 1.96 bits per heavy atom. The number of hydrogen-bond acceptors (Lipinski definition) is 4. The summed E-state index contributed by atoms with van der Waals surface area (Å²) in [7, 11) is 1.56. The average molecular weight is 335 g/mol. The van der Waals surface area contributed by atoms with Crippen LogP contribution in [0.2, 0.25) is 0 Å². The largest absolute Gasteiger partial charge is 0.493 e. The van der Waals surface area contributed by atoms with Crippen molar-refractivity contribution < 1.29 is 23.0 Å². The summed E-state index contributed by atoms with van der Waals surface area (Å²) in [6.45, 7) is 1.26. The van der Waals surface area contributed by atoms with Crippen molar-refractivity contribution in [3.63, 3.8) is 0 Å². The fourth-order valence-corrected chi connectivity index (χ4v) is 2.56. The third-order valence-electron chi connectivity index (χ3n) is 3.88. The number of benzene rings is 2. The molecule has 0 amide bonds. The van der Waals surface area contributed by atoms with E-state index in [9.17, 15) is 8.78 Å². The molecule has 6 heteroatoms. The summed E-state index contributed by atoms with van der Waals surface area (Å²) in [6, 6.07) is 9.11. The lowest BCUT2D eigenvalue weighted by Gasteiger charge is -2.16. The van der Waals surface area contributed by atoms with Crippen LogP contribution in [0.25, 0.3) is 0 Å². The highest BCUT2D eigenvalue weighted by molar-refractivity contribution is 5.55. The lowest BCUT2D eigenvalue weighted by molar-refractivity contribution is 0.138. The van der Waals surface area contributed by atoms with Gasteiger partial charge >= 0.3 is 0 Å². The van der Waals surface area contributed by atoms with E-state index in [4.69, 9.17) is 14.2 Å².